The van der Waals surface area contributed by atoms with E-state index < -0.39 is 33.8 Å². The first-order valence-corrected chi connectivity index (χ1v) is 13.3. The number of anilines is 1. The van der Waals surface area contributed by atoms with Gasteiger partial charge in [0, 0.05) is 6.42 Å². The normalized spacial score (nSPS) is 16.1. The number of aliphatic carboxylic acids is 1. The van der Waals surface area contributed by atoms with E-state index >= 15 is 0 Å². The Bertz CT molecular complexity index is 1500. The number of carboxylic acids is 1. The predicted octanol–water partition coefficient (Wildman–Crippen LogP) is 6.40. The second-order valence-electron chi connectivity index (χ2n) is 9.12. The van der Waals surface area contributed by atoms with Gasteiger partial charge in [-0.3, -0.25) is 9.10 Å². The van der Waals surface area contributed by atoms with Crippen LogP contribution in [0.2, 0.25) is 0 Å². The molecule has 0 spiro atoms. The van der Waals surface area contributed by atoms with E-state index in [1.165, 1.54) is 28.6 Å². The molecule has 0 fully saturated rings. The van der Waals surface area contributed by atoms with Gasteiger partial charge >= 0.3 is 12.1 Å². The van der Waals surface area contributed by atoms with Crippen LogP contribution in [-0.2, 0) is 21.0 Å². The largest absolute Gasteiger partial charge is 0.486 e. The highest BCUT2D eigenvalue weighted by molar-refractivity contribution is 7.92. The first-order valence-electron chi connectivity index (χ1n) is 11.8. The fourth-order valence-corrected chi connectivity index (χ4v) is 5.99. The Morgan fingerprint density at radius 3 is 2.53 bits per heavy atom. The van der Waals surface area contributed by atoms with Gasteiger partial charge in [0.15, 0.2) is 0 Å². The van der Waals surface area contributed by atoms with Crippen molar-refractivity contribution in [3.05, 3.63) is 89.0 Å². The van der Waals surface area contributed by atoms with E-state index in [-0.39, 0.29) is 41.3 Å². The van der Waals surface area contributed by atoms with Crippen molar-refractivity contribution < 1.29 is 36.2 Å². The van der Waals surface area contributed by atoms with Crippen molar-refractivity contribution in [1.82, 2.24) is 0 Å². The summed E-state index contributed by atoms with van der Waals surface area (Å²) < 4.78 is 75.2. The summed E-state index contributed by atoms with van der Waals surface area (Å²) in [5.41, 5.74) is 1.06. The van der Waals surface area contributed by atoms with Gasteiger partial charge in [0.2, 0.25) is 0 Å². The molecule has 0 aromatic heterocycles. The molecule has 0 saturated carbocycles. The van der Waals surface area contributed by atoms with Crippen LogP contribution in [0.3, 0.4) is 0 Å². The number of ether oxygens (including phenoxy) is 1. The molecule has 3 aromatic carbocycles. The van der Waals surface area contributed by atoms with Crippen molar-refractivity contribution in [2.45, 2.75) is 43.9 Å². The fourth-order valence-electron chi connectivity index (χ4n) is 4.39. The Hall–Kier alpha value is -3.79. The first kappa shape index (κ1) is 27.3. The van der Waals surface area contributed by atoms with Crippen molar-refractivity contribution in [2.75, 3.05) is 10.8 Å². The molecule has 3 aromatic rings. The molecule has 1 aliphatic heterocycles. The minimum atomic E-state index is -4.53. The zero-order valence-electron chi connectivity index (χ0n) is 20.7. The topological polar surface area (TPSA) is 83.9 Å². The van der Waals surface area contributed by atoms with Crippen LogP contribution >= 0.6 is 0 Å². The van der Waals surface area contributed by atoms with Crippen LogP contribution in [0.25, 0.3) is 11.6 Å². The van der Waals surface area contributed by atoms with Crippen LogP contribution in [0.5, 0.6) is 5.75 Å². The molecule has 0 radical (unpaired) electrons. The Morgan fingerprint density at radius 1 is 1.11 bits per heavy atom. The van der Waals surface area contributed by atoms with Gasteiger partial charge in [-0.2, -0.15) is 13.2 Å². The third-order valence-electron chi connectivity index (χ3n) is 6.21. The number of aryl methyl sites for hydroxylation is 1. The maximum absolute atomic E-state index is 13.7. The number of alkyl halides is 3. The van der Waals surface area contributed by atoms with Crippen molar-refractivity contribution in [1.29, 1.82) is 0 Å². The minimum absolute atomic E-state index is 0.0203. The SMILES string of the molecule is C/C(=C\c1ccc2c(c1)N(S(=O)(=O)c1cccc(C)c1)C[C@H](CCC(=O)O)O2)c1ccccc1C(F)(F)F. The number of allylic oxidation sites excluding steroid dienone is 1. The molecule has 1 aliphatic rings. The number of carbonyl (C=O) groups is 1. The van der Waals surface area contributed by atoms with E-state index in [0.29, 0.717) is 11.1 Å². The van der Waals surface area contributed by atoms with E-state index in [9.17, 15) is 26.4 Å². The van der Waals surface area contributed by atoms with Crippen LogP contribution in [0.15, 0.2) is 71.6 Å². The number of benzene rings is 3. The lowest BCUT2D eigenvalue weighted by atomic mass is 9.98. The average molecular weight is 546 g/mol. The second kappa shape index (κ2) is 10.5. The van der Waals surface area contributed by atoms with Gasteiger partial charge in [-0.25, -0.2) is 8.42 Å². The summed E-state index contributed by atoms with van der Waals surface area (Å²) in [6.45, 7) is 3.22. The third-order valence-corrected chi connectivity index (χ3v) is 7.99. The van der Waals surface area contributed by atoms with Crippen molar-refractivity contribution in [3.63, 3.8) is 0 Å². The molecular weight excluding hydrogens is 519 g/mol. The Morgan fingerprint density at radius 2 is 1.84 bits per heavy atom. The zero-order chi connectivity index (χ0) is 27.7. The van der Waals surface area contributed by atoms with Gasteiger partial charge in [0.05, 0.1) is 22.7 Å². The number of halogens is 3. The van der Waals surface area contributed by atoms with Crippen LogP contribution in [0.4, 0.5) is 18.9 Å². The van der Waals surface area contributed by atoms with Crippen LogP contribution in [0.1, 0.15) is 42.0 Å². The van der Waals surface area contributed by atoms with E-state index in [4.69, 9.17) is 9.84 Å². The Balaban J connectivity index is 1.78. The van der Waals surface area contributed by atoms with Gasteiger partial charge < -0.3 is 9.84 Å². The molecule has 0 bridgehead atoms. The lowest BCUT2D eigenvalue weighted by Crippen LogP contribution is -2.43. The summed E-state index contributed by atoms with van der Waals surface area (Å²) in [5, 5.41) is 9.09. The summed E-state index contributed by atoms with van der Waals surface area (Å²) >= 11 is 0. The number of hydrogen-bond acceptors (Lipinski definition) is 4. The smallest absolute Gasteiger partial charge is 0.416 e. The number of rotatable bonds is 7. The van der Waals surface area contributed by atoms with E-state index in [1.54, 1.807) is 56.3 Å². The summed E-state index contributed by atoms with van der Waals surface area (Å²) in [5.74, 6) is -0.782. The molecule has 4 rings (SSSR count). The monoisotopic (exact) mass is 545 g/mol. The maximum Gasteiger partial charge on any atom is 0.416 e. The van der Waals surface area contributed by atoms with E-state index in [2.05, 4.69) is 0 Å². The number of fused-ring (bicyclic) bond motifs is 1. The average Bonchev–Trinajstić information content (AvgIpc) is 2.86. The first-order chi connectivity index (χ1) is 17.9. The van der Waals surface area contributed by atoms with E-state index in [1.807, 2.05) is 0 Å². The van der Waals surface area contributed by atoms with E-state index in [0.717, 1.165) is 11.6 Å². The van der Waals surface area contributed by atoms with Crippen molar-refractivity contribution in [2.24, 2.45) is 0 Å². The molecule has 0 aliphatic carbocycles. The standard InChI is InChI=1S/C28H26F3NO5S/c1-18-6-5-7-22(14-18)38(35,36)32-17-21(11-13-27(33)34)37-26-12-10-20(16-25(26)32)15-19(2)23-8-3-4-9-24(23)28(29,30)31/h3-10,12,14-16,21H,11,13,17H2,1-2H3,(H,33,34)/b19-15+/t21-/m0/s1. The lowest BCUT2D eigenvalue weighted by molar-refractivity contribution is -0.138. The Labute approximate surface area is 219 Å². The fraction of sp³-hybridized carbons (Fsp3) is 0.250. The molecule has 1 heterocycles. The molecule has 0 unspecified atom stereocenters. The van der Waals surface area contributed by atoms with Gasteiger partial charge in [-0.1, -0.05) is 42.5 Å². The van der Waals surface area contributed by atoms with Gasteiger partial charge in [-0.05, 0) is 72.9 Å². The van der Waals surface area contributed by atoms with Gasteiger partial charge in [-0.15, -0.1) is 0 Å². The van der Waals surface area contributed by atoms with Gasteiger partial charge in [0.1, 0.15) is 11.9 Å². The lowest BCUT2D eigenvalue weighted by Gasteiger charge is -2.35. The highest BCUT2D eigenvalue weighted by atomic mass is 32.2. The van der Waals surface area contributed by atoms with Crippen molar-refractivity contribution in [3.8, 4) is 5.75 Å². The van der Waals surface area contributed by atoms with Crippen molar-refractivity contribution >= 4 is 33.3 Å². The maximum atomic E-state index is 13.7. The van der Waals surface area contributed by atoms with Crippen LogP contribution in [0, 0.1) is 6.92 Å². The number of carboxylic acid groups (broad SMARTS) is 1. The molecular formula is C28H26F3NO5S. The number of sulfonamides is 1. The zero-order valence-corrected chi connectivity index (χ0v) is 21.5. The van der Waals surface area contributed by atoms with Gasteiger partial charge in [0.25, 0.3) is 10.0 Å². The van der Waals surface area contributed by atoms with Crippen LogP contribution in [-0.4, -0.2) is 32.1 Å². The highest BCUT2D eigenvalue weighted by Crippen LogP contribution is 2.40. The molecule has 200 valence electrons. The molecule has 6 nitrogen and oxygen atoms in total. The third kappa shape index (κ3) is 5.85. The highest BCUT2D eigenvalue weighted by Gasteiger charge is 2.35. The minimum Gasteiger partial charge on any atom is -0.486 e. The number of nitrogens with zero attached hydrogens (tertiary/aromatic N) is 1. The predicted molar refractivity (Wildman–Crippen MR) is 138 cm³/mol. The molecule has 0 amide bonds. The summed E-state index contributed by atoms with van der Waals surface area (Å²) in [6.07, 6.45) is -3.77. The molecule has 1 atom stereocenters. The Kier molecular flexibility index (Phi) is 7.55. The molecule has 10 heteroatoms. The van der Waals surface area contributed by atoms with Crippen LogP contribution < -0.4 is 9.04 Å². The summed E-state index contributed by atoms with van der Waals surface area (Å²) in [6, 6.07) is 16.4. The molecule has 1 N–H and O–H groups in total. The summed E-state index contributed by atoms with van der Waals surface area (Å²) in [7, 11) is -4.06. The number of hydrogen-bond donors (Lipinski definition) is 1. The molecule has 0 saturated heterocycles. The molecule has 38 heavy (non-hydrogen) atoms. The second-order valence-corrected chi connectivity index (χ2v) is 11.0. The summed E-state index contributed by atoms with van der Waals surface area (Å²) in [4.78, 5) is 11.2. The quantitative estimate of drug-likeness (QED) is 0.348.